The maximum absolute atomic E-state index is 12.4. The van der Waals surface area contributed by atoms with Gasteiger partial charge in [-0.1, -0.05) is 0 Å². The molecule has 2 aliphatic rings. The minimum absolute atomic E-state index is 0.424. The first-order chi connectivity index (χ1) is 9.02. The van der Waals surface area contributed by atoms with Crippen molar-refractivity contribution in [1.29, 1.82) is 0 Å². The second-order valence-electron chi connectivity index (χ2n) is 4.81. The molecule has 1 aromatic heterocycles. The molecule has 0 aliphatic carbocycles. The van der Waals surface area contributed by atoms with Gasteiger partial charge >= 0.3 is 119 Å². The average molecular weight is 384 g/mol. The number of rotatable bonds is 3. The number of anilines is 1. The van der Waals surface area contributed by atoms with Crippen LogP contribution in [0, 0.1) is 0 Å². The monoisotopic (exact) mass is 384 g/mol. The molecule has 3 heterocycles. The normalized spacial score (nSPS) is 30.2. The van der Waals surface area contributed by atoms with E-state index in [1.807, 2.05) is 0 Å². The molecule has 0 unspecified atom stereocenters. The number of halogens is 4. The summed E-state index contributed by atoms with van der Waals surface area (Å²) >= 11 is 0.428. The molecule has 3 atom stereocenters. The van der Waals surface area contributed by atoms with Gasteiger partial charge in [0.05, 0.1) is 0 Å². The summed E-state index contributed by atoms with van der Waals surface area (Å²) in [6.07, 6.45) is -2.24. The van der Waals surface area contributed by atoms with Gasteiger partial charge in [-0.25, -0.2) is 0 Å². The van der Waals surface area contributed by atoms with E-state index < -0.39 is 11.7 Å². The summed E-state index contributed by atoms with van der Waals surface area (Å²) in [5.74, 6) is 0.502. The molecule has 1 aromatic rings. The van der Waals surface area contributed by atoms with Crippen LogP contribution in [0.2, 0.25) is 0 Å². The van der Waals surface area contributed by atoms with Crippen LogP contribution >= 0.6 is 0 Å². The number of piperidine rings is 1. The molecule has 0 radical (unpaired) electrons. The van der Waals surface area contributed by atoms with Crippen LogP contribution in [0.25, 0.3) is 0 Å². The molecule has 0 aromatic carbocycles. The van der Waals surface area contributed by atoms with Crippen LogP contribution in [0.15, 0.2) is 18.3 Å². The molecule has 2 fully saturated rings. The summed E-state index contributed by atoms with van der Waals surface area (Å²) < 4.78 is 39.1. The third kappa shape index (κ3) is 3.31. The molecule has 106 valence electrons. The van der Waals surface area contributed by atoms with Gasteiger partial charge in [0.15, 0.2) is 0 Å². The van der Waals surface area contributed by atoms with Crippen LogP contribution in [-0.2, 0) is 6.18 Å². The Labute approximate surface area is 119 Å². The molecule has 19 heavy (non-hydrogen) atoms. The predicted octanol–water partition coefficient (Wildman–Crippen LogP) is -1.29. The fourth-order valence-corrected chi connectivity index (χ4v) is 5.13. The summed E-state index contributed by atoms with van der Waals surface area (Å²) in [7, 11) is 0. The number of aromatic nitrogens is 1. The van der Waals surface area contributed by atoms with E-state index in [-0.39, 0.29) is 0 Å². The minimum atomic E-state index is -4.32. The van der Waals surface area contributed by atoms with Crippen LogP contribution in [0.1, 0.15) is 12.0 Å². The van der Waals surface area contributed by atoms with E-state index in [1.54, 1.807) is 0 Å². The zero-order chi connectivity index (χ0) is 13.5. The first-order valence-corrected chi connectivity index (χ1v) is 8.64. The van der Waals surface area contributed by atoms with Crippen LogP contribution in [-0.4, -0.2) is 32.0 Å². The number of fused-ring (bicyclic) bond motifs is 1. The Morgan fingerprint density at radius 2 is 2.21 bits per heavy atom. The van der Waals surface area contributed by atoms with Crippen LogP contribution in [0.4, 0.5) is 19.0 Å². The van der Waals surface area contributed by atoms with Gasteiger partial charge in [0.25, 0.3) is 0 Å². The van der Waals surface area contributed by atoms with E-state index in [9.17, 15) is 13.2 Å². The van der Waals surface area contributed by atoms with E-state index in [2.05, 4.69) is 15.6 Å². The predicted molar refractivity (Wildman–Crippen MR) is 61.7 cm³/mol. The Balaban J connectivity index is 1.52. The first-order valence-electron chi connectivity index (χ1n) is 6.15. The molecule has 0 spiro atoms. The molecule has 3 nitrogen and oxygen atoms in total. The summed E-state index contributed by atoms with van der Waals surface area (Å²) in [5.41, 5.74) is -0.709. The SMILES string of the molecule is FC(F)(F)c1ccc(NC[C@@H]2C[C@H]3[I-][C@H]3CN2)nc1. The van der Waals surface area contributed by atoms with Gasteiger partial charge in [0, 0.05) is 0 Å². The number of hydrogen-bond donors (Lipinski definition) is 2. The summed E-state index contributed by atoms with van der Waals surface area (Å²) in [6.45, 7) is 1.84. The standard InChI is InChI=1S/C12H14F3IN3/c13-12(14,15)7-1-2-11(18-4-7)19-5-8-3-9-10(16-9)6-17-8/h1-2,4,8-10,17H,3,5-6H2,(H,18,19)/q-1/t8-,9+,10-/m0/s1. The van der Waals surface area contributed by atoms with Gasteiger partial charge in [-0.3, -0.25) is 0 Å². The van der Waals surface area contributed by atoms with Crippen LogP contribution in [0.5, 0.6) is 0 Å². The molecule has 2 saturated heterocycles. The Morgan fingerprint density at radius 3 is 2.84 bits per heavy atom. The van der Waals surface area contributed by atoms with E-state index in [4.69, 9.17) is 0 Å². The van der Waals surface area contributed by atoms with Gasteiger partial charge in [-0.2, -0.15) is 0 Å². The summed E-state index contributed by atoms with van der Waals surface area (Å²) in [5, 5.41) is 6.58. The number of nitrogens with zero attached hydrogens (tertiary/aromatic N) is 1. The maximum atomic E-state index is 12.4. The van der Waals surface area contributed by atoms with E-state index in [0.717, 1.165) is 33.2 Å². The Morgan fingerprint density at radius 1 is 1.37 bits per heavy atom. The van der Waals surface area contributed by atoms with Crippen molar-refractivity contribution in [2.75, 3.05) is 18.4 Å². The molecule has 0 bridgehead atoms. The molecule has 7 heteroatoms. The van der Waals surface area contributed by atoms with Gasteiger partial charge in [0.1, 0.15) is 0 Å². The number of pyridine rings is 1. The van der Waals surface area contributed by atoms with Crippen molar-refractivity contribution in [3.05, 3.63) is 23.9 Å². The Bertz CT molecular complexity index is 449. The molecule has 2 aliphatic heterocycles. The fraction of sp³-hybridized carbons (Fsp3) is 0.583. The second kappa shape index (κ2) is 5.08. The molecule has 0 saturated carbocycles. The Hall–Kier alpha value is -0.570. The number of nitrogens with one attached hydrogen (secondary N) is 2. The van der Waals surface area contributed by atoms with E-state index in [1.165, 1.54) is 12.5 Å². The van der Waals surface area contributed by atoms with Crippen molar-refractivity contribution in [2.45, 2.75) is 26.5 Å². The molecule has 3 rings (SSSR count). The summed E-state index contributed by atoms with van der Waals surface area (Å²) in [6, 6.07) is 2.87. The molecule has 0 amide bonds. The first kappa shape index (κ1) is 13.4. The number of hydrogen-bond acceptors (Lipinski definition) is 3. The molecular formula is C12H14F3IN3-. The van der Waals surface area contributed by atoms with Crippen molar-refractivity contribution in [2.24, 2.45) is 0 Å². The van der Waals surface area contributed by atoms with E-state index in [0.29, 0.717) is 33.1 Å². The van der Waals surface area contributed by atoms with Crippen molar-refractivity contribution in [3.8, 4) is 0 Å². The van der Waals surface area contributed by atoms with Crippen LogP contribution in [0.3, 0.4) is 0 Å². The van der Waals surface area contributed by atoms with E-state index >= 15 is 0 Å². The zero-order valence-corrected chi connectivity index (χ0v) is 12.2. The Kier molecular flexibility index (Phi) is 3.59. The summed E-state index contributed by atoms with van der Waals surface area (Å²) in [4.78, 5) is 3.81. The topological polar surface area (TPSA) is 37.0 Å². The van der Waals surface area contributed by atoms with Crippen molar-refractivity contribution in [3.63, 3.8) is 0 Å². The van der Waals surface area contributed by atoms with Crippen molar-refractivity contribution in [1.82, 2.24) is 10.3 Å². The average Bonchev–Trinajstić information content (AvgIpc) is 3.14. The third-order valence-electron chi connectivity index (χ3n) is 3.38. The van der Waals surface area contributed by atoms with Gasteiger partial charge in [0.2, 0.25) is 0 Å². The number of alkyl halides is 5. The second-order valence-corrected chi connectivity index (χ2v) is 8.73. The fourth-order valence-electron chi connectivity index (χ4n) is 2.22. The third-order valence-corrected chi connectivity index (χ3v) is 7.08. The molecule has 2 N–H and O–H groups in total. The quantitative estimate of drug-likeness (QED) is 0.504. The van der Waals surface area contributed by atoms with Gasteiger partial charge in [-0.05, 0) is 0 Å². The van der Waals surface area contributed by atoms with Crippen molar-refractivity contribution < 1.29 is 34.4 Å². The van der Waals surface area contributed by atoms with Gasteiger partial charge < -0.3 is 0 Å². The van der Waals surface area contributed by atoms with Crippen molar-refractivity contribution >= 4 is 5.82 Å². The van der Waals surface area contributed by atoms with Gasteiger partial charge in [-0.15, -0.1) is 0 Å². The van der Waals surface area contributed by atoms with Crippen LogP contribution < -0.4 is 31.8 Å². The zero-order valence-electron chi connectivity index (χ0n) is 10.0. The molecular weight excluding hydrogens is 370 g/mol.